The Labute approximate surface area is 138 Å². The van der Waals surface area contributed by atoms with Crippen LogP contribution in [0.2, 0.25) is 0 Å². The molecule has 4 heteroatoms. The Hall–Kier alpha value is -2.46. The standard InChI is InChI=1S/C19H16O3S/c1-22-19(21)14-9-10-17(20)18(11-14)23-12-15-7-4-6-13-5-2-3-8-16(13)15/h2-11,20H,12H2,1H3. The van der Waals surface area contributed by atoms with E-state index in [9.17, 15) is 9.90 Å². The van der Waals surface area contributed by atoms with E-state index in [2.05, 4.69) is 24.3 Å². The Balaban J connectivity index is 1.86. The number of methoxy groups -OCH3 is 1. The Bertz CT molecular complexity index is 853. The second kappa shape index (κ2) is 6.75. The van der Waals surface area contributed by atoms with E-state index in [-0.39, 0.29) is 5.75 Å². The third-order valence-electron chi connectivity index (χ3n) is 3.64. The van der Waals surface area contributed by atoms with Crippen LogP contribution in [0.4, 0.5) is 0 Å². The molecule has 23 heavy (non-hydrogen) atoms. The van der Waals surface area contributed by atoms with E-state index in [1.54, 1.807) is 12.1 Å². The number of ether oxygens (including phenoxy) is 1. The molecule has 0 aliphatic carbocycles. The van der Waals surface area contributed by atoms with E-state index < -0.39 is 5.97 Å². The highest BCUT2D eigenvalue weighted by Crippen LogP contribution is 2.33. The number of carbonyl (C=O) groups is 1. The Kier molecular flexibility index (Phi) is 4.53. The van der Waals surface area contributed by atoms with Crippen molar-refractivity contribution in [2.24, 2.45) is 0 Å². The van der Waals surface area contributed by atoms with Crippen LogP contribution in [-0.4, -0.2) is 18.2 Å². The van der Waals surface area contributed by atoms with E-state index >= 15 is 0 Å². The Morgan fingerprint density at radius 3 is 2.70 bits per heavy atom. The second-order valence-electron chi connectivity index (χ2n) is 5.10. The fraction of sp³-hybridized carbons (Fsp3) is 0.105. The monoisotopic (exact) mass is 324 g/mol. The summed E-state index contributed by atoms with van der Waals surface area (Å²) in [6.07, 6.45) is 0. The highest BCUT2D eigenvalue weighted by atomic mass is 32.2. The van der Waals surface area contributed by atoms with Gasteiger partial charge in [0.2, 0.25) is 0 Å². The SMILES string of the molecule is COC(=O)c1ccc(O)c(SCc2cccc3ccccc23)c1. The van der Waals surface area contributed by atoms with Gasteiger partial charge in [0.05, 0.1) is 17.6 Å². The zero-order valence-corrected chi connectivity index (χ0v) is 13.5. The van der Waals surface area contributed by atoms with Crippen molar-refractivity contribution in [3.63, 3.8) is 0 Å². The van der Waals surface area contributed by atoms with Gasteiger partial charge in [-0.25, -0.2) is 4.79 Å². The van der Waals surface area contributed by atoms with E-state index in [0.29, 0.717) is 16.2 Å². The van der Waals surface area contributed by atoms with Crippen molar-refractivity contribution in [1.82, 2.24) is 0 Å². The van der Waals surface area contributed by atoms with E-state index in [0.717, 1.165) is 0 Å². The topological polar surface area (TPSA) is 46.5 Å². The first-order valence-corrected chi connectivity index (χ1v) is 8.18. The van der Waals surface area contributed by atoms with Crippen molar-refractivity contribution in [3.8, 4) is 5.75 Å². The van der Waals surface area contributed by atoms with Crippen LogP contribution in [0.3, 0.4) is 0 Å². The van der Waals surface area contributed by atoms with E-state index in [1.807, 2.05) is 18.2 Å². The molecule has 0 saturated carbocycles. The molecular weight excluding hydrogens is 308 g/mol. The average molecular weight is 324 g/mol. The molecule has 0 aliphatic rings. The van der Waals surface area contributed by atoms with Crippen molar-refractivity contribution in [2.75, 3.05) is 7.11 Å². The molecule has 0 radical (unpaired) electrons. The fourth-order valence-electron chi connectivity index (χ4n) is 2.45. The van der Waals surface area contributed by atoms with Gasteiger partial charge in [-0.1, -0.05) is 42.5 Å². The van der Waals surface area contributed by atoms with Crippen molar-refractivity contribution in [2.45, 2.75) is 10.6 Å². The Morgan fingerprint density at radius 1 is 1.09 bits per heavy atom. The number of phenolic OH excluding ortho intramolecular Hbond substituents is 1. The summed E-state index contributed by atoms with van der Waals surface area (Å²) in [7, 11) is 1.35. The van der Waals surface area contributed by atoms with Crippen LogP contribution in [0.15, 0.2) is 65.6 Å². The summed E-state index contributed by atoms with van der Waals surface area (Å²) in [6.45, 7) is 0. The van der Waals surface area contributed by atoms with E-state index in [4.69, 9.17) is 4.74 Å². The molecule has 0 unspecified atom stereocenters. The predicted octanol–water partition coefficient (Wildman–Crippen LogP) is 4.62. The maximum Gasteiger partial charge on any atom is 0.337 e. The maximum absolute atomic E-state index is 11.6. The largest absolute Gasteiger partial charge is 0.507 e. The van der Waals surface area contributed by atoms with Gasteiger partial charge < -0.3 is 9.84 Å². The first-order chi connectivity index (χ1) is 11.2. The molecule has 0 saturated heterocycles. The smallest absolute Gasteiger partial charge is 0.337 e. The molecule has 0 bridgehead atoms. The summed E-state index contributed by atoms with van der Waals surface area (Å²) in [5.74, 6) is 0.472. The zero-order valence-electron chi connectivity index (χ0n) is 12.7. The number of fused-ring (bicyclic) bond motifs is 1. The van der Waals surface area contributed by atoms with Gasteiger partial charge >= 0.3 is 5.97 Å². The molecule has 3 rings (SSSR count). The molecule has 0 amide bonds. The van der Waals surface area contributed by atoms with Crippen molar-refractivity contribution >= 4 is 28.5 Å². The number of esters is 1. The van der Waals surface area contributed by atoms with Gasteiger partial charge in [0.1, 0.15) is 5.75 Å². The lowest BCUT2D eigenvalue weighted by Crippen LogP contribution is -2.00. The lowest BCUT2D eigenvalue weighted by Gasteiger charge is -2.09. The Morgan fingerprint density at radius 2 is 1.87 bits per heavy atom. The molecule has 3 aromatic rings. The lowest BCUT2D eigenvalue weighted by atomic mass is 10.1. The number of benzene rings is 3. The summed E-state index contributed by atoms with van der Waals surface area (Å²) in [5.41, 5.74) is 1.63. The van der Waals surface area contributed by atoms with Gasteiger partial charge in [0.25, 0.3) is 0 Å². The number of thioether (sulfide) groups is 1. The van der Waals surface area contributed by atoms with Crippen LogP contribution in [0.1, 0.15) is 15.9 Å². The van der Waals surface area contributed by atoms with Gasteiger partial charge in [0.15, 0.2) is 0 Å². The molecule has 3 aromatic carbocycles. The van der Waals surface area contributed by atoms with Crippen LogP contribution in [0.5, 0.6) is 5.75 Å². The highest BCUT2D eigenvalue weighted by Gasteiger charge is 2.10. The first kappa shape index (κ1) is 15.4. The molecule has 0 heterocycles. The van der Waals surface area contributed by atoms with Crippen LogP contribution in [-0.2, 0) is 10.5 Å². The van der Waals surface area contributed by atoms with Gasteiger partial charge in [-0.05, 0) is 34.5 Å². The fourth-order valence-corrected chi connectivity index (χ4v) is 3.44. The number of hydrogen-bond donors (Lipinski definition) is 1. The predicted molar refractivity (Wildman–Crippen MR) is 93.0 cm³/mol. The molecule has 0 atom stereocenters. The molecule has 0 aromatic heterocycles. The minimum Gasteiger partial charge on any atom is -0.507 e. The summed E-state index contributed by atoms with van der Waals surface area (Å²) in [5, 5.41) is 12.4. The van der Waals surface area contributed by atoms with Gasteiger partial charge in [-0.15, -0.1) is 11.8 Å². The number of rotatable bonds is 4. The molecule has 116 valence electrons. The van der Waals surface area contributed by atoms with Crippen LogP contribution in [0, 0.1) is 0 Å². The molecule has 0 aliphatic heterocycles. The van der Waals surface area contributed by atoms with Crippen molar-refractivity contribution < 1.29 is 14.6 Å². The molecule has 0 fully saturated rings. The second-order valence-corrected chi connectivity index (χ2v) is 6.12. The summed E-state index contributed by atoms with van der Waals surface area (Å²) >= 11 is 1.50. The third-order valence-corrected chi connectivity index (χ3v) is 4.74. The van der Waals surface area contributed by atoms with Crippen molar-refractivity contribution in [1.29, 1.82) is 0 Å². The number of phenols is 1. The number of carbonyl (C=O) groups excluding carboxylic acids is 1. The quantitative estimate of drug-likeness (QED) is 0.562. The molecule has 0 spiro atoms. The third kappa shape index (κ3) is 3.32. The van der Waals surface area contributed by atoms with Crippen LogP contribution >= 0.6 is 11.8 Å². The highest BCUT2D eigenvalue weighted by molar-refractivity contribution is 7.98. The first-order valence-electron chi connectivity index (χ1n) is 7.20. The van der Waals surface area contributed by atoms with E-state index in [1.165, 1.54) is 41.3 Å². The van der Waals surface area contributed by atoms with Crippen molar-refractivity contribution in [3.05, 3.63) is 71.8 Å². The maximum atomic E-state index is 11.6. The van der Waals surface area contributed by atoms with Gasteiger partial charge in [-0.2, -0.15) is 0 Å². The lowest BCUT2D eigenvalue weighted by molar-refractivity contribution is 0.0600. The van der Waals surface area contributed by atoms with Gasteiger partial charge in [0, 0.05) is 5.75 Å². The number of aromatic hydroxyl groups is 1. The summed E-state index contributed by atoms with van der Waals surface area (Å²) in [4.78, 5) is 12.3. The average Bonchev–Trinajstić information content (AvgIpc) is 2.60. The minimum absolute atomic E-state index is 0.169. The molecule has 1 N–H and O–H groups in total. The minimum atomic E-state index is -0.406. The normalized spacial score (nSPS) is 10.7. The summed E-state index contributed by atoms with van der Waals surface area (Å²) in [6, 6.07) is 19.2. The van der Waals surface area contributed by atoms with Crippen LogP contribution in [0.25, 0.3) is 10.8 Å². The number of hydrogen-bond acceptors (Lipinski definition) is 4. The molecular formula is C19H16O3S. The summed E-state index contributed by atoms with van der Waals surface area (Å²) < 4.78 is 4.72. The van der Waals surface area contributed by atoms with Gasteiger partial charge in [-0.3, -0.25) is 0 Å². The molecule has 3 nitrogen and oxygen atoms in total. The van der Waals surface area contributed by atoms with Crippen LogP contribution < -0.4 is 0 Å². The zero-order chi connectivity index (χ0) is 16.2.